The van der Waals surface area contributed by atoms with Crippen LogP contribution in [0.3, 0.4) is 0 Å². The molecule has 1 aromatic heterocycles. The summed E-state index contributed by atoms with van der Waals surface area (Å²) in [5.41, 5.74) is 3.17. The number of hydrogen-bond acceptors (Lipinski definition) is 6. The van der Waals surface area contributed by atoms with Crippen LogP contribution in [0.1, 0.15) is 27.4 Å². The second-order valence-electron chi connectivity index (χ2n) is 6.24. The number of esters is 1. The van der Waals surface area contributed by atoms with Crippen molar-refractivity contribution in [1.82, 2.24) is 15.5 Å². The van der Waals surface area contributed by atoms with Gasteiger partial charge in [-0.15, -0.1) is 0 Å². The highest BCUT2D eigenvalue weighted by Gasteiger charge is 2.13. The van der Waals surface area contributed by atoms with Crippen LogP contribution < -0.4 is 5.32 Å². The minimum atomic E-state index is -0.607. The summed E-state index contributed by atoms with van der Waals surface area (Å²) >= 11 is 5.84. The van der Waals surface area contributed by atoms with Crippen molar-refractivity contribution in [2.24, 2.45) is 0 Å². The van der Waals surface area contributed by atoms with E-state index in [0.717, 1.165) is 16.7 Å². The van der Waals surface area contributed by atoms with Crippen LogP contribution in [0.15, 0.2) is 47.0 Å². The Bertz CT molecular complexity index is 979. The monoisotopic (exact) mass is 399 g/mol. The van der Waals surface area contributed by atoms with Gasteiger partial charge in [-0.05, 0) is 50.2 Å². The molecule has 144 valence electrons. The first-order chi connectivity index (χ1) is 13.4. The summed E-state index contributed by atoms with van der Waals surface area (Å²) in [5, 5.41) is 6.97. The molecule has 7 nitrogen and oxygen atoms in total. The van der Waals surface area contributed by atoms with Crippen molar-refractivity contribution >= 4 is 23.5 Å². The number of rotatable bonds is 6. The van der Waals surface area contributed by atoms with E-state index in [4.69, 9.17) is 20.9 Å². The quantitative estimate of drug-likeness (QED) is 0.638. The second-order valence-corrected chi connectivity index (χ2v) is 6.67. The first-order valence-electron chi connectivity index (χ1n) is 8.51. The van der Waals surface area contributed by atoms with E-state index in [0.29, 0.717) is 16.4 Å². The Hall–Kier alpha value is -3.19. The van der Waals surface area contributed by atoms with Crippen LogP contribution in [-0.2, 0) is 16.1 Å². The number of nitrogens with one attached hydrogen (secondary N) is 1. The van der Waals surface area contributed by atoms with E-state index < -0.39 is 5.97 Å². The largest absolute Gasteiger partial charge is 0.454 e. The maximum Gasteiger partial charge on any atom is 0.325 e. The summed E-state index contributed by atoms with van der Waals surface area (Å²) in [4.78, 5) is 28.2. The molecule has 1 heterocycles. The standard InChI is InChI=1S/C20H18ClN3O4/c1-12-7-13(2)9-15(8-12)20(26)22-10-18(25)27-11-17-23-19(24-28-17)14-3-5-16(21)6-4-14/h3-9H,10-11H2,1-2H3,(H,22,26). The predicted octanol–water partition coefficient (Wildman–Crippen LogP) is 3.48. The highest BCUT2D eigenvalue weighted by Crippen LogP contribution is 2.18. The molecule has 0 aliphatic carbocycles. The molecule has 2 aromatic carbocycles. The summed E-state index contributed by atoms with van der Waals surface area (Å²) in [6.07, 6.45) is 0. The second kappa shape index (κ2) is 8.67. The Morgan fingerprint density at radius 3 is 2.46 bits per heavy atom. The van der Waals surface area contributed by atoms with Crippen LogP contribution in [0.2, 0.25) is 5.02 Å². The zero-order valence-electron chi connectivity index (χ0n) is 15.4. The average Bonchev–Trinajstić information content (AvgIpc) is 3.13. The summed E-state index contributed by atoms with van der Waals surface area (Å²) in [7, 11) is 0. The molecule has 3 rings (SSSR count). The van der Waals surface area contributed by atoms with Crippen LogP contribution in [0.5, 0.6) is 0 Å². The average molecular weight is 400 g/mol. The summed E-state index contributed by atoms with van der Waals surface area (Å²) in [6.45, 7) is 3.37. The fraction of sp³-hybridized carbons (Fsp3) is 0.200. The van der Waals surface area contributed by atoms with E-state index in [1.807, 2.05) is 19.9 Å². The van der Waals surface area contributed by atoms with Gasteiger partial charge in [0.25, 0.3) is 11.8 Å². The number of aryl methyl sites for hydroxylation is 2. The summed E-state index contributed by atoms with van der Waals surface area (Å²) in [6, 6.07) is 12.4. The highest BCUT2D eigenvalue weighted by atomic mass is 35.5. The molecular formula is C20H18ClN3O4. The lowest BCUT2D eigenvalue weighted by Gasteiger charge is -2.07. The molecule has 1 N–H and O–H groups in total. The molecule has 0 fully saturated rings. The van der Waals surface area contributed by atoms with Gasteiger partial charge < -0.3 is 14.6 Å². The number of carbonyl (C=O) groups excluding carboxylic acids is 2. The molecular weight excluding hydrogens is 382 g/mol. The SMILES string of the molecule is Cc1cc(C)cc(C(=O)NCC(=O)OCc2nc(-c3ccc(Cl)cc3)no2)c1. The van der Waals surface area contributed by atoms with Crippen molar-refractivity contribution < 1.29 is 18.8 Å². The third-order valence-corrected chi connectivity index (χ3v) is 4.06. The van der Waals surface area contributed by atoms with E-state index in [2.05, 4.69) is 15.5 Å². The lowest BCUT2D eigenvalue weighted by molar-refractivity contribution is -0.144. The van der Waals surface area contributed by atoms with Crippen LogP contribution in [0.25, 0.3) is 11.4 Å². The van der Waals surface area contributed by atoms with Crippen molar-refractivity contribution in [1.29, 1.82) is 0 Å². The zero-order chi connectivity index (χ0) is 20.1. The van der Waals surface area contributed by atoms with Gasteiger partial charge in [-0.25, -0.2) is 0 Å². The number of nitrogens with zero attached hydrogens (tertiary/aromatic N) is 2. The van der Waals surface area contributed by atoms with Gasteiger partial charge >= 0.3 is 5.97 Å². The van der Waals surface area contributed by atoms with Gasteiger partial charge in [-0.3, -0.25) is 9.59 Å². The molecule has 0 unspecified atom stereocenters. The van der Waals surface area contributed by atoms with E-state index in [9.17, 15) is 9.59 Å². The van der Waals surface area contributed by atoms with Gasteiger partial charge in [-0.1, -0.05) is 34.0 Å². The van der Waals surface area contributed by atoms with Crippen LogP contribution in [0.4, 0.5) is 0 Å². The molecule has 0 aliphatic heterocycles. The Balaban J connectivity index is 1.49. The van der Waals surface area contributed by atoms with E-state index in [-0.39, 0.29) is 24.9 Å². The summed E-state index contributed by atoms with van der Waals surface area (Å²) in [5.74, 6) is -0.430. The number of hydrogen-bond donors (Lipinski definition) is 1. The molecule has 0 atom stereocenters. The van der Waals surface area contributed by atoms with E-state index >= 15 is 0 Å². The first kappa shape index (κ1) is 19.6. The Morgan fingerprint density at radius 2 is 1.79 bits per heavy atom. The molecule has 3 aromatic rings. The number of benzene rings is 2. The van der Waals surface area contributed by atoms with Gasteiger partial charge in [0.2, 0.25) is 5.82 Å². The lowest BCUT2D eigenvalue weighted by Crippen LogP contribution is -2.30. The third-order valence-electron chi connectivity index (χ3n) is 3.80. The van der Waals surface area contributed by atoms with Gasteiger partial charge in [-0.2, -0.15) is 4.98 Å². The minimum absolute atomic E-state index is 0.152. The number of amides is 1. The molecule has 0 aliphatic rings. The van der Waals surface area contributed by atoms with E-state index in [1.54, 1.807) is 36.4 Å². The molecule has 0 spiro atoms. The maximum absolute atomic E-state index is 12.1. The fourth-order valence-electron chi connectivity index (χ4n) is 2.58. The lowest BCUT2D eigenvalue weighted by atomic mass is 10.1. The molecule has 0 radical (unpaired) electrons. The third kappa shape index (κ3) is 5.17. The topological polar surface area (TPSA) is 94.3 Å². The normalized spacial score (nSPS) is 10.5. The Labute approximate surface area is 166 Å². The summed E-state index contributed by atoms with van der Waals surface area (Å²) < 4.78 is 10.1. The number of carbonyl (C=O) groups is 2. The Kier molecular flexibility index (Phi) is 6.06. The molecule has 28 heavy (non-hydrogen) atoms. The van der Waals surface area contributed by atoms with Crippen LogP contribution in [-0.4, -0.2) is 28.6 Å². The number of halogens is 1. The fourth-order valence-corrected chi connectivity index (χ4v) is 2.71. The van der Waals surface area contributed by atoms with Crippen LogP contribution in [0, 0.1) is 13.8 Å². The number of ether oxygens (including phenoxy) is 1. The predicted molar refractivity (Wildman–Crippen MR) is 103 cm³/mol. The smallest absolute Gasteiger partial charge is 0.325 e. The maximum atomic E-state index is 12.1. The van der Waals surface area contributed by atoms with Gasteiger partial charge in [0, 0.05) is 16.1 Å². The minimum Gasteiger partial charge on any atom is -0.454 e. The van der Waals surface area contributed by atoms with Gasteiger partial charge in [0.15, 0.2) is 6.61 Å². The van der Waals surface area contributed by atoms with Gasteiger partial charge in [0.1, 0.15) is 6.54 Å². The molecule has 0 saturated heterocycles. The molecule has 0 saturated carbocycles. The van der Waals surface area contributed by atoms with Crippen LogP contribution >= 0.6 is 11.6 Å². The Morgan fingerprint density at radius 1 is 1.11 bits per heavy atom. The van der Waals surface area contributed by atoms with E-state index in [1.165, 1.54) is 0 Å². The van der Waals surface area contributed by atoms with Crippen molar-refractivity contribution in [3.8, 4) is 11.4 Å². The molecule has 0 bridgehead atoms. The molecule has 1 amide bonds. The van der Waals surface area contributed by atoms with Gasteiger partial charge in [0.05, 0.1) is 0 Å². The van der Waals surface area contributed by atoms with Crippen molar-refractivity contribution in [2.75, 3.05) is 6.54 Å². The molecule has 8 heteroatoms. The highest BCUT2D eigenvalue weighted by molar-refractivity contribution is 6.30. The number of aromatic nitrogens is 2. The first-order valence-corrected chi connectivity index (χ1v) is 8.89. The zero-order valence-corrected chi connectivity index (χ0v) is 16.1. The van der Waals surface area contributed by atoms with Crippen molar-refractivity contribution in [2.45, 2.75) is 20.5 Å². The van der Waals surface area contributed by atoms with Crippen molar-refractivity contribution in [3.63, 3.8) is 0 Å². The van der Waals surface area contributed by atoms with Crippen molar-refractivity contribution in [3.05, 3.63) is 70.1 Å².